The second kappa shape index (κ2) is 8.33. The minimum Gasteiger partial charge on any atom is -0.489 e. The smallest absolute Gasteiger partial charge is 0.123 e. The van der Waals surface area contributed by atoms with Crippen molar-refractivity contribution >= 4 is 10.8 Å². The van der Waals surface area contributed by atoms with E-state index in [2.05, 4.69) is 103 Å². The molecular weight excluding hydrogens is 366 g/mol. The average Bonchev–Trinajstić information content (AvgIpc) is 2.79. The van der Waals surface area contributed by atoms with Crippen LogP contribution < -0.4 is 10.1 Å². The molecule has 150 valence electrons. The fourth-order valence-electron chi connectivity index (χ4n) is 4.64. The Kier molecular flexibility index (Phi) is 5.25. The Labute approximate surface area is 178 Å². The summed E-state index contributed by atoms with van der Waals surface area (Å²) in [6, 6.07) is 32.5. The van der Waals surface area contributed by atoms with Crippen LogP contribution in [0.3, 0.4) is 0 Å². The third-order valence-corrected chi connectivity index (χ3v) is 6.10. The predicted molar refractivity (Wildman–Crippen MR) is 124 cm³/mol. The summed E-state index contributed by atoms with van der Waals surface area (Å²) in [6.07, 6.45) is 1.14. The van der Waals surface area contributed by atoms with Gasteiger partial charge in [-0.25, -0.2) is 0 Å². The standard InChI is InChI=1S/C28H27NO/c1-20-8-6-11-22(16-20)27-17-24(30-28-15-5-4-14-26(27)28)19-29-18-23-12-7-10-21-9-2-3-13-25(21)23/h2-16,24,27,29H,17-19H2,1H3. The molecule has 0 saturated carbocycles. The van der Waals surface area contributed by atoms with E-state index in [1.165, 1.54) is 33.0 Å². The van der Waals surface area contributed by atoms with Gasteiger partial charge in [0.05, 0.1) is 0 Å². The Balaban J connectivity index is 1.33. The molecule has 0 bridgehead atoms. The van der Waals surface area contributed by atoms with Crippen molar-refractivity contribution in [1.82, 2.24) is 5.32 Å². The van der Waals surface area contributed by atoms with Gasteiger partial charge in [0, 0.05) is 24.6 Å². The van der Waals surface area contributed by atoms with Crippen LogP contribution in [-0.2, 0) is 6.54 Å². The normalized spacial score (nSPS) is 18.0. The molecule has 0 spiro atoms. The highest BCUT2D eigenvalue weighted by Gasteiger charge is 2.29. The molecule has 1 aliphatic heterocycles. The number of nitrogens with one attached hydrogen (secondary N) is 1. The van der Waals surface area contributed by atoms with Gasteiger partial charge in [0.25, 0.3) is 0 Å². The fraction of sp³-hybridized carbons (Fsp3) is 0.214. The monoisotopic (exact) mass is 393 g/mol. The third-order valence-electron chi connectivity index (χ3n) is 6.10. The van der Waals surface area contributed by atoms with E-state index >= 15 is 0 Å². The first kappa shape index (κ1) is 18.9. The molecule has 2 atom stereocenters. The summed E-state index contributed by atoms with van der Waals surface area (Å²) in [5.41, 5.74) is 5.32. The van der Waals surface area contributed by atoms with Crippen LogP contribution >= 0.6 is 0 Å². The van der Waals surface area contributed by atoms with Gasteiger partial charge in [0.1, 0.15) is 11.9 Å². The molecule has 5 rings (SSSR count). The number of ether oxygens (including phenoxy) is 1. The average molecular weight is 394 g/mol. The second-order valence-corrected chi connectivity index (χ2v) is 8.25. The van der Waals surface area contributed by atoms with Crippen molar-refractivity contribution in [2.75, 3.05) is 6.54 Å². The minimum atomic E-state index is 0.153. The SMILES string of the molecule is Cc1cccc(C2CC(CNCc3cccc4ccccc34)Oc3ccccc32)c1. The van der Waals surface area contributed by atoms with Gasteiger partial charge in [-0.05, 0) is 41.3 Å². The lowest BCUT2D eigenvalue weighted by molar-refractivity contribution is 0.162. The summed E-state index contributed by atoms with van der Waals surface area (Å²) >= 11 is 0. The lowest BCUT2D eigenvalue weighted by atomic mass is 9.83. The van der Waals surface area contributed by atoms with Crippen molar-refractivity contribution in [2.24, 2.45) is 0 Å². The molecule has 4 aromatic carbocycles. The molecule has 2 heteroatoms. The molecule has 1 aliphatic rings. The van der Waals surface area contributed by atoms with E-state index < -0.39 is 0 Å². The van der Waals surface area contributed by atoms with Crippen molar-refractivity contribution in [1.29, 1.82) is 0 Å². The highest BCUT2D eigenvalue weighted by atomic mass is 16.5. The van der Waals surface area contributed by atoms with Gasteiger partial charge in [0.15, 0.2) is 0 Å². The molecule has 0 aliphatic carbocycles. The van der Waals surface area contributed by atoms with Crippen LogP contribution in [0.5, 0.6) is 5.75 Å². The maximum atomic E-state index is 6.38. The molecule has 0 radical (unpaired) electrons. The Morgan fingerprint density at radius 1 is 0.867 bits per heavy atom. The van der Waals surface area contributed by atoms with E-state index in [1.807, 2.05) is 0 Å². The molecule has 30 heavy (non-hydrogen) atoms. The first-order valence-electron chi connectivity index (χ1n) is 10.8. The van der Waals surface area contributed by atoms with E-state index in [0.717, 1.165) is 25.3 Å². The number of rotatable bonds is 5. The number of hydrogen-bond donors (Lipinski definition) is 1. The lowest BCUT2D eigenvalue weighted by Crippen LogP contribution is -2.35. The van der Waals surface area contributed by atoms with Crippen LogP contribution in [0.2, 0.25) is 0 Å². The van der Waals surface area contributed by atoms with Crippen LogP contribution in [0.4, 0.5) is 0 Å². The van der Waals surface area contributed by atoms with Crippen molar-refractivity contribution < 1.29 is 4.74 Å². The second-order valence-electron chi connectivity index (χ2n) is 8.25. The number of aryl methyl sites for hydroxylation is 1. The van der Waals surface area contributed by atoms with Crippen LogP contribution in [0, 0.1) is 6.92 Å². The Morgan fingerprint density at radius 2 is 1.67 bits per heavy atom. The van der Waals surface area contributed by atoms with Gasteiger partial charge in [-0.1, -0.05) is 90.5 Å². The van der Waals surface area contributed by atoms with Crippen molar-refractivity contribution in [3.05, 3.63) is 113 Å². The molecule has 0 amide bonds. The Morgan fingerprint density at radius 3 is 2.60 bits per heavy atom. The number of fused-ring (bicyclic) bond motifs is 2. The van der Waals surface area contributed by atoms with Crippen LogP contribution in [0.15, 0.2) is 91.0 Å². The van der Waals surface area contributed by atoms with Gasteiger partial charge in [0.2, 0.25) is 0 Å². The van der Waals surface area contributed by atoms with Gasteiger partial charge >= 0.3 is 0 Å². The molecule has 2 unspecified atom stereocenters. The number of hydrogen-bond acceptors (Lipinski definition) is 2. The first-order chi connectivity index (χ1) is 14.8. The summed E-state index contributed by atoms with van der Waals surface area (Å²) in [6.45, 7) is 3.84. The first-order valence-corrected chi connectivity index (χ1v) is 10.8. The molecular formula is C28H27NO. The topological polar surface area (TPSA) is 21.3 Å². The van der Waals surface area contributed by atoms with Crippen molar-refractivity contribution in [2.45, 2.75) is 31.9 Å². The third kappa shape index (κ3) is 3.83. The summed E-state index contributed by atoms with van der Waals surface area (Å²) < 4.78 is 6.38. The Hall–Kier alpha value is -3.10. The maximum absolute atomic E-state index is 6.38. The van der Waals surface area contributed by atoms with E-state index in [4.69, 9.17) is 4.74 Å². The van der Waals surface area contributed by atoms with E-state index in [-0.39, 0.29) is 6.10 Å². The summed E-state index contributed by atoms with van der Waals surface area (Å²) in [5, 5.41) is 6.26. The summed E-state index contributed by atoms with van der Waals surface area (Å²) in [5.74, 6) is 1.39. The van der Waals surface area contributed by atoms with Crippen LogP contribution in [0.25, 0.3) is 10.8 Å². The van der Waals surface area contributed by atoms with Crippen molar-refractivity contribution in [3.63, 3.8) is 0 Å². The van der Waals surface area contributed by atoms with Crippen molar-refractivity contribution in [3.8, 4) is 5.75 Å². The lowest BCUT2D eigenvalue weighted by Gasteiger charge is -2.33. The molecule has 4 aromatic rings. The highest BCUT2D eigenvalue weighted by Crippen LogP contribution is 2.40. The van der Waals surface area contributed by atoms with Crippen LogP contribution in [0.1, 0.15) is 34.6 Å². The fourth-order valence-corrected chi connectivity index (χ4v) is 4.64. The predicted octanol–water partition coefficient (Wildman–Crippen LogP) is 6.22. The van der Waals surface area contributed by atoms with E-state index in [1.54, 1.807) is 0 Å². The number of benzene rings is 4. The Bertz CT molecular complexity index is 1160. The zero-order valence-corrected chi connectivity index (χ0v) is 17.3. The largest absolute Gasteiger partial charge is 0.489 e. The summed E-state index contributed by atoms with van der Waals surface area (Å²) in [7, 11) is 0. The van der Waals surface area contributed by atoms with Gasteiger partial charge in [-0.3, -0.25) is 0 Å². The summed E-state index contributed by atoms with van der Waals surface area (Å²) in [4.78, 5) is 0. The number of para-hydroxylation sites is 1. The highest BCUT2D eigenvalue weighted by molar-refractivity contribution is 5.85. The minimum absolute atomic E-state index is 0.153. The molecule has 1 N–H and O–H groups in total. The molecule has 0 saturated heterocycles. The van der Waals surface area contributed by atoms with Crippen LogP contribution in [-0.4, -0.2) is 12.6 Å². The molecule has 2 nitrogen and oxygen atoms in total. The maximum Gasteiger partial charge on any atom is 0.123 e. The van der Waals surface area contributed by atoms with E-state index in [0.29, 0.717) is 5.92 Å². The van der Waals surface area contributed by atoms with Gasteiger partial charge in [-0.15, -0.1) is 0 Å². The van der Waals surface area contributed by atoms with Gasteiger partial charge in [-0.2, -0.15) is 0 Å². The molecule has 0 aromatic heterocycles. The molecule has 1 heterocycles. The zero-order chi connectivity index (χ0) is 20.3. The zero-order valence-electron chi connectivity index (χ0n) is 17.3. The van der Waals surface area contributed by atoms with Gasteiger partial charge < -0.3 is 10.1 Å². The molecule has 0 fully saturated rings. The quantitative estimate of drug-likeness (QED) is 0.434. The van der Waals surface area contributed by atoms with E-state index in [9.17, 15) is 0 Å².